The molecule has 0 amide bonds. The van der Waals surface area contributed by atoms with Gasteiger partial charge in [-0.15, -0.1) is 0 Å². The molecule has 0 aliphatic heterocycles. The molecule has 2 atom stereocenters. The summed E-state index contributed by atoms with van der Waals surface area (Å²) < 4.78 is 34.1. The Morgan fingerprint density at radius 1 is 0.571 bits per heavy atom. The van der Waals surface area contributed by atoms with Crippen molar-refractivity contribution in [3.63, 3.8) is 0 Å². The van der Waals surface area contributed by atoms with Gasteiger partial charge in [0.2, 0.25) is 0 Å². The number of rotatable bonds is 39. The van der Waals surface area contributed by atoms with Crippen LogP contribution in [0.4, 0.5) is 0 Å². The zero-order chi connectivity index (χ0) is 41.4. The largest absolute Gasteiger partial charge is 0.472 e. The quantitative estimate of drug-likeness (QED) is 0.0215. The van der Waals surface area contributed by atoms with E-state index in [0.717, 1.165) is 83.5 Å². The molecule has 9 nitrogen and oxygen atoms in total. The highest BCUT2D eigenvalue weighted by Crippen LogP contribution is 2.43. The van der Waals surface area contributed by atoms with Gasteiger partial charge in [0.05, 0.1) is 27.7 Å². The van der Waals surface area contributed by atoms with Gasteiger partial charge in [-0.3, -0.25) is 18.6 Å². The normalized spacial score (nSPS) is 14.2. The Morgan fingerprint density at radius 3 is 1.52 bits per heavy atom. The van der Waals surface area contributed by atoms with Crippen LogP contribution in [-0.2, 0) is 32.7 Å². The lowest BCUT2D eigenvalue weighted by atomic mass is 10.0. The van der Waals surface area contributed by atoms with E-state index < -0.39 is 26.5 Å². The van der Waals surface area contributed by atoms with Gasteiger partial charge in [0.25, 0.3) is 0 Å². The molecule has 0 aromatic heterocycles. The van der Waals surface area contributed by atoms with Gasteiger partial charge >= 0.3 is 19.8 Å². The van der Waals surface area contributed by atoms with E-state index in [0.29, 0.717) is 17.4 Å². The number of likely N-dealkylation sites (N-methyl/N-ethyl adjacent to an activating group) is 1. The van der Waals surface area contributed by atoms with Crippen molar-refractivity contribution in [2.75, 3.05) is 47.5 Å². The van der Waals surface area contributed by atoms with Crippen LogP contribution in [0.5, 0.6) is 0 Å². The van der Waals surface area contributed by atoms with Crippen LogP contribution in [0.15, 0.2) is 60.8 Å². The fourth-order valence-electron chi connectivity index (χ4n) is 5.63. The average molecular weight is 809 g/mol. The first-order chi connectivity index (χ1) is 27.0. The van der Waals surface area contributed by atoms with Crippen molar-refractivity contribution in [1.29, 1.82) is 0 Å². The molecule has 0 aliphatic carbocycles. The fraction of sp³-hybridized carbons (Fsp3) is 0.739. The van der Waals surface area contributed by atoms with Crippen LogP contribution in [0.3, 0.4) is 0 Å². The van der Waals surface area contributed by atoms with E-state index in [4.69, 9.17) is 18.5 Å². The molecule has 0 aromatic rings. The van der Waals surface area contributed by atoms with Crippen molar-refractivity contribution in [2.24, 2.45) is 0 Å². The molecule has 0 heterocycles. The third-order valence-corrected chi connectivity index (χ3v) is 10.0. The van der Waals surface area contributed by atoms with Gasteiger partial charge in [-0.25, -0.2) is 4.57 Å². The van der Waals surface area contributed by atoms with Crippen molar-refractivity contribution < 1.29 is 42.1 Å². The predicted molar refractivity (Wildman–Crippen MR) is 233 cm³/mol. The topological polar surface area (TPSA) is 108 Å². The lowest BCUT2D eigenvalue weighted by molar-refractivity contribution is -0.870. The molecule has 0 fully saturated rings. The summed E-state index contributed by atoms with van der Waals surface area (Å²) in [6.07, 6.45) is 46.1. The fourth-order valence-corrected chi connectivity index (χ4v) is 6.37. The second kappa shape index (κ2) is 38.2. The van der Waals surface area contributed by atoms with Crippen molar-refractivity contribution in [1.82, 2.24) is 0 Å². The number of unbranched alkanes of at least 4 members (excludes halogenated alkanes) is 15. The molecule has 0 rings (SSSR count). The first-order valence-electron chi connectivity index (χ1n) is 22.0. The Balaban J connectivity index is 4.07. The molecular formula is C46H83NO8P+. The number of quaternary nitrogens is 1. The number of hydrogen-bond acceptors (Lipinski definition) is 7. The Kier molecular flexibility index (Phi) is 36.7. The van der Waals surface area contributed by atoms with Crippen LogP contribution in [0.1, 0.15) is 168 Å². The van der Waals surface area contributed by atoms with Crippen LogP contribution in [0, 0.1) is 0 Å². The monoisotopic (exact) mass is 809 g/mol. The lowest BCUT2D eigenvalue weighted by Gasteiger charge is -2.24. The summed E-state index contributed by atoms with van der Waals surface area (Å²) in [6, 6.07) is 0. The van der Waals surface area contributed by atoms with Gasteiger partial charge in [0.1, 0.15) is 19.8 Å². The number of hydrogen-bond donors (Lipinski definition) is 1. The summed E-state index contributed by atoms with van der Waals surface area (Å²) in [4.78, 5) is 35.0. The van der Waals surface area contributed by atoms with E-state index in [-0.39, 0.29) is 32.0 Å². The molecule has 56 heavy (non-hydrogen) atoms. The smallest absolute Gasteiger partial charge is 0.462 e. The second-order valence-corrected chi connectivity index (χ2v) is 17.2. The van der Waals surface area contributed by atoms with Gasteiger partial charge in [-0.2, -0.15) is 0 Å². The maximum Gasteiger partial charge on any atom is 0.472 e. The summed E-state index contributed by atoms with van der Waals surface area (Å²) >= 11 is 0. The van der Waals surface area contributed by atoms with Crippen LogP contribution >= 0.6 is 7.82 Å². The Labute approximate surface area is 343 Å². The number of phosphoric acid groups is 1. The van der Waals surface area contributed by atoms with Gasteiger partial charge in [-0.1, -0.05) is 158 Å². The number of allylic oxidation sites excluding steroid dienone is 10. The molecule has 0 saturated carbocycles. The minimum atomic E-state index is -4.36. The molecule has 1 N–H and O–H groups in total. The van der Waals surface area contributed by atoms with E-state index in [1.807, 2.05) is 21.1 Å². The van der Waals surface area contributed by atoms with E-state index in [1.165, 1.54) is 51.4 Å². The van der Waals surface area contributed by atoms with Gasteiger partial charge in [-0.05, 0) is 57.8 Å². The summed E-state index contributed by atoms with van der Waals surface area (Å²) in [6.45, 7) is 4.20. The molecule has 0 radical (unpaired) electrons. The number of carbonyl (C=O) groups excluding carboxylic acids is 2. The van der Waals surface area contributed by atoms with Crippen LogP contribution in [0.2, 0.25) is 0 Å². The number of esters is 2. The van der Waals surface area contributed by atoms with Crippen molar-refractivity contribution in [3.8, 4) is 0 Å². The molecular weight excluding hydrogens is 725 g/mol. The molecule has 0 aromatic carbocycles. The molecule has 0 saturated heterocycles. The standard InChI is InChI=1S/C46H82NO8P/c1-6-8-10-12-13-14-15-16-17-18-19-20-21-22-23-24-25-26-27-28-29-30-31-32-33-35-37-39-46(49)55-44(42-52-45(48)38-36-34-11-9-7-2)43-54-56(50,51)53-41-40-47(3,4)5/h8,10,13-14,16-17,19-20,22-23,44H,6-7,9,11-12,15,18,21,24-43H2,1-5H3/p+1/b10-8-,14-13-,17-16-,20-19-,23-22-. The molecule has 2 unspecified atom stereocenters. The third kappa shape index (κ3) is 41.3. The van der Waals surface area contributed by atoms with Gasteiger partial charge < -0.3 is 18.9 Å². The molecule has 10 heteroatoms. The van der Waals surface area contributed by atoms with E-state index in [2.05, 4.69) is 74.6 Å². The Hall–Kier alpha value is -2.29. The lowest BCUT2D eigenvalue weighted by Crippen LogP contribution is -2.37. The highest BCUT2D eigenvalue weighted by molar-refractivity contribution is 7.47. The first kappa shape index (κ1) is 53.7. The summed E-state index contributed by atoms with van der Waals surface area (Å²) in [5, 5.41) is 0. The van der Waals surface area contributed by atoms with Crippen LogP contribution in [0.25, 0.3) is 0 Å². The van der Waals surface area contributed by atoms with E-state index in [9.17, 15) is 19.0 Å². The highest BCUT2D eigenvalue weighted by Gasteiger charge is 2.27. The third-order valence-electron chi connectivity index (χ3n) is 9.06. The maximum absolute atomic E-state index is 12.6. The number of carbonyl (C=O) groups is 2. The maximum atomic E-state index is 12.6. The van der Waals surface area contributed by atoms with Crippen LogP contribution < -0.4 is 0 Å². The van der Waals surface area contributed by atoms with Crippen LogP contribution in [-0.4, -0.2) is 74.9 Å². The Bertz CT molecular complexity index is 1140. The van der Waals surface area contributed by atoms with Gasteiger partial charge in [0, 0.05) is 12.8 Å². The van der Waals surface area contributed by atoms with Gasteiger partial charge in [0.15, 0.2) is 6.10 Å². The van der Waals surface area contributed by atoms with E-state index >= 15 is 0 Å². The number of nitrogens with zero attached hydrogens (tertiary/aromatic N) is 1. The SMILES string of the molecule is CC/C=C\C/C=C\C/C=C\C/C=C\C/C=C\CCCCCCCCCCCCCC(=O)OC(COC(=O)CCCCCCC)COP(=O)(O)OCC[N+](C)(C)C. The van der Waals surface area contributed by atoms with E-state index in [1.54, 1.807) is 0 Å². The number of ether oxygens (including phenoxy) is 2. The zero-order valence-electron chi connectivity index (χ0n) is 36.3. The van der Waals surface area contributed by atoms with Crippen molar-refractivity contribution >= 4 is 19.8 Å². The summed E-state index contributed by atoms with van der Waals surface area (Å²) in [5.41, 5.74) is 0. The molecule has 324 valence electrons. The minimum Gasteiger partial charge on any atom is -0.462 e. The van der Waals surface area contributed by atoms with Crippen molar-refractivity contribution in [3.05, 3.63) is 60.8 Å². The molecule has 0 aliphatic rings. The average Bonchev–Trinajstić information content (AvgIpc) is 3.15. The van der Waals surface area contributed by atoms with Crippen molar-refractivity contribution in [2.45, 2.75) is 174 Å². The molecule has 0 spiro atoms. The Morgan fingerprint density at radius 2 is 1.02 bits per heavy atom. The summed E-state index contributed by atoms with van der Waals surface area (Å²) in [5.74, 6) is -0.819. The molecule has 0 bridgehead atoms. The zero-order valence-corrected chi connectivity index (χ0v) is 37.2. The minimum absolute atomic E-state index is 0.0295. The second-order valence-electron chi connectivity index (χ2n) is 15.7. The number of phosphoric ester groups is 1. The predicted octanol–water partition coefficient (Wildman–Crippen LogP) is 12.5. The summed E-state index contributed by atoms with van der Waals surface area (Å²) in [7, 11) is 1.47. The first-order valence-corrected chi connectivity index (χ1v) is 23.5. The highest BCUT2D eigenvalue weighted by atomic mass is 31.2.